The Bertz CT molecular complexity index is 1060. The van der Waals surface area contributed by atoms with Crippen molar-refractivity contribution in [3.63, 3.8) is 0 Å². The summed E-state index contributed by atoms with van der Waals surface area (Å²) in [4.78, 5) is 19.6. The van der Waals surface area contributed by atoms with E-state index in [1.165, 1.54) is 11.1 Å². The van der Waals surface area contributed by atoms with Gasteiger partial charge in [0.2, 0.25) is 5.91 Å². The van der Waals surface area contributed by atoms with Crippen LogP contribution in [0.4, 0.5) is 0 Å². The normalized spacial score (nSPS) is 17.2. The second-order valence-corrected chi connectivity index (χ2v) is 9.36. The molecule has 1 aliphatic heterocycles. The van der Waals surface area contributed by atoms with Crippen LogP contribution in [0.2, 0.25) is 0 Å². The molecule has 30 heavy (non-hydrogen) atoms. The molecule has 0 aliphatic carbocycles. The maximum atomic E-state index is 12.7. The lowest BCUT2D eigenvalue weighted by Crippen LogP contribution is -2.42. The van der Waals surface area contributed by atoms with Gasteiger partial charge >= 0.3 is 0 Å². The van der Waals surface area contributed by atoms with E-state index < -0.39 is 0 Å². The Labute approximate surface area is 178 Å². The minimum atomic E-state index is -0.172. The van der Waals surface area contributed by atoms with Crippen LogP contribution in [0.3, 0.4) is 0 Å². The topological polar surface area (TPSA) is 47.4 Å². The van der Waals surface area contributed by atoms with Crippen molar-refractivity contribution in [2.45, 2.75) is 59.0 Å². The third-order valence-electron chi connectivity index (χ3n) is 5.76. The summed E-state index contributed by atoms with van der Waals surface area (Å²) >= 11 is 0. The molecule has 0 spiro atoms. The number of benzene rings is 2. The number of hydrogen-bond acceptors (Lipinski definition) is 3. The zero-order valence-corrected chi connectivity index (χ0v) is 18.6. The highest BCUT2D eigenvalue weighted by atomic mass is 16.5. The summed E-state index contributed by atoms with van der Waals surface area (Å²) in [6.07, 6.45) is 0.512. The standard InChI is InChI=1S/C25H31N3O2/c1-17-12-18(2)14-20(13-17)30-11-10-27-22-9-7-6-8-21(22)26-24(27)19-15-23(29)28(16-19)25(3,4)5/h6-9,12-14,19H,10-11,15-16H2,1-5H3/t19-/m0/s1. The van der Waals surface area contributed by atoms with Crippen molar-refractivity contribution in [1.82, 2.24) is 14.5 Å². The van der Waals surface area contributed by atoms with Crippen LogP contribution in [0, 0.1) is 13.8 Å². The van der Waals surface area contributed by atoms with Crippen molar-refractivity contribution in [3.05, 3.63) is 59.4 Å². The Hall–Kier alpha value is -2.82. The smallest absolute Gasteiger partial charge is 0.223 e. The van der Waals surface area contributed by atoms with Gasteiger partial charge in [-0.2, -0.15) is 0 Å². The van der Waals surface area contributed by atoms with E-state index in [1.54, 1.807) is 0 Å². The minimum absolute atomic E-state index is 0.102. The van der Waals surface area contributed by atoms with Gasteiger partial charge in [0.05, 0.1) is 17.6 Å². The number of nitrogens with zero attached hydrogens (tertiary/aromatic N) is 3. The molecule has 3 aromatic rings. The van der Waals surface area contributed by atoms with Crippen molar-refractivity contribution < 1.29 is 9.53 Å². The highest BCUT2D eigenvalue weighted by Crippen LogP contribution is 2.33. The van der Waals surface area contributed by atoms with E-state index in [9.17, 15) is 4.79 Å². The molecule has 0 radical (unpaired) electrons. The summed E-state index contributed by atoms with van der Waals surface area (Å²) in [6, 6.07) is 14.5. The predicted molar refractivity (Wildman–Crippen MR) is 120 cm³/mol. The molecule has 0 unspecified atom stereocenters. The molecule has 2 heterocycles. The van der Waals surface area contributed by atoms with Gasteiger partial charge in [0, 0.05) is 24.4 Å². The van der Waals surface area contributed by atoms with Gasteiger partial charge in [-0.15, -0.1) is 0 Å². The van der Waals surface area contributed by atoms with E-state index in [0.29, 0.717) is 26.1 Å². The van der Waals surface area contributed by atoms with Gasteiger partial charge in [0.25, 0.3) is 0 Å². The zero-order chi connectivity index (χ0) is 21.5. The van der Waals surface area contributed by atoms with E-state index in [1.807, 2.05) is 23.1 Å². The fourth-order valence-corrected chi connectivity index (χ4v) is 4.44. The Morgan fingerprint density at radius 3 is 2.47 bits per heavy atom. The van der Waals surface area contributed by atoms with Gasteiger partial charge in [0.15, 0.2) is 0 Å². The van der Waals surface area contributed by atoms with Crippen molar-refractivity contribution >= 4 is 16.9 Å². The third kappa shape index (κ3) is 4.07. The minimum Gasteiger partial charge on any atom is -0.492 e. The number of amides is 1. The number of carbonyl (C=O) groups is 1. The Kier molecular flexibility index (Phi) is 5.31. The number of rotatable bonds is 5. The first-order chi connectivity index (χ1) is 14.2. The average Bonchev–Trinajstić information content (AvgIpc) is 3.22. The SMILES string of the molecule is Cc1cc(C)cc(OCCn2c([C@H]3CC(=O)N(C(C)(C)C)C3)nc3ccccc32)c1. The van der Waals surface area contributed by atoms with Crippen LogP contribution in [0.25, 0.3) is 11.0 Å². The monoisotopic (exact) mass is 405 g/mol. The highest BCUT2D eigenvalue weighted by Gasteiger charge is 2.38. The predicted octanol–water partition coefficient (Wildman–Crippen LogP) is 4.85. The molecule has 5 heteroatoms. The molecule has 1 saturated heterocycles. The average molecular weight is 406 g/mol. The third-order valence-corrected chi connectivity index (χ3v) is 5.76. The lowest BCUT2D eigenvalue weighted by Gasteiger charge is -2.32. The number of aryl methyl sites for hydroxylation is 2. The zero-order valence-electron chi connectivity index (χ0n) is 18.6. The van der Waals surface area contributed by atoms with Crippen LogP contribution in [-0.2, 0) is 11.3 Å². The molecule has 1 fully saturated rings. The number of hydrogen-bond donors (Lipinski definition) is 0. The Morgan fingerprint density at radius 2 is 1.80 bits per heavy atom. The summed E-state index contributed by atoms with van der Waals surface area (Å²) in [7, 11) is 0. The summed E-state index contributed by atoms with van der Waals surface area (Å²) < 4.78 is 8.32. The van der Waals surface area contributed by atoms with Crippen molar-refractivity contribution in [1.29, 1.82) is 0 Å². The van der Waals surface area contributed by atoms with Crippen molar-refractivity contribution in [2.24, 2.45) is 0 Å². The number of ether oxygens (including phenoxy) is 1. The summed E-state index contributed by atoms with van der Waals surface area (Å²) in [6.45, 7) is 12.4. The molecule has 0 N–H and O–H groups in total. The lowest BCUT2D eigenvalue weighted by molar-refractivity contribution is -0.131. The largest absolute Gasteiger partial charge is 0.492 e. The highest BCUT2D eigenvalue weighted by molar-refractivity contribution is 5.81. The summed E-state index contributed by atoms with van der Waals surface area (Å²) in [5.74, 6) is 2.19. The van der Waals surface area contributed by atoms with Crippen LogP contribution < -0.4 is 4.74 Å². The van der Waals surface area contributed by atoms with Crippen molar-refractivity contribution in [3.8, 4) is 5.75 Å². The number of fused-ring (bicyclic) bond motifs is 1. The Morgan fingerprint density at radius 1 is 1.10 bits per heavy atom. The van der Waals surface area contributed by atoms with Gasteiger partial charge in [-0.1, -0.05) is 18.2 Å². The number of imidazole rings is 1. The fraction of sp³-hybridized carbons (Fsp3) is 0.440. The second-order valence-electron chi connectivity index (χ2n) is 9.36. The van der Waals surface area contributed by atoms with Crippen LogP contribution in [-0.4, -0.2) is 39.0 Å². The van der Waals surface area contributed by atoms with E-state index >= 15 is 0 Å². The lowest BCUT2D eigenvalue weighted by atomic mass is 10.1. The second kappa shape index (κ2) is 7.78. The van der Waals surface area contributed by atoms with E-state index in [4.69, 9.17) is 9.72 Å². The van der Waals surface area contributed by atoms with Gasteiger partial charge in [-0.05, 0) is 70.0 Å². The Balaban J connectivity index is 1.59. The molecule has 158 valence electrons. The molecule has 1 atom stereocenters. The number of carbonyl (C=O) groups excluding carboxylic acids is 1. The maximum Gasteiger partial charge on any atom is 0.223 e. The van der Waals surface area contributed by atoms with Crippen LogP contribution in [0.15, 0.2) is 42.5 Å². The molecule has 1 amide bonds. The van der Waals surface area contributed by atoms with Gasteiger partial charge in [-0.25, -0.2) is 4.98 Å². The molecule has 5 nitrogen and oxygen atoms in total. The molecular formula is C25H31N3O2. The van der Waals surface area contributed by atoms with E-state index in [2.05, 4.69) is 63.5 Å². The molecule has 0 saturated carbocycles. The van der Waals surface area contributed by atoms with E-state index in [0.717, 1.165) is 22.6 Å². The quantitative estimate of drug-likeness (QED) is 0.610. The first-order valence-electron chi connectivity index (χ1n) is 10.7. The number of aromatic nitrogens is 2. The fourth-order valence-electron chi connectivity index (χ4n) is 4.44. The first-order valence-corrected chi connectivity index (χ1v) is 10.7. The van der Waals surface area contributed by atoms with Crippen LogP contribution in [0.1, 0.15) is 50.1 Å². The molecule has 0 bridgehead atoms. The molecule has 1 aromatic heterocycles. The van der Waals surface area contributed by atoms with Gasteiger partial charge in [-0.3, -0.25) is 4.79 Å². The maximum absolute atomic E-state index is 12.7. The molecule has 1 aliphatic rings. The molecule has 2 aromatic carbocycles. The first kappa shape index (κ1) is 20.5. The summed E-state index contributed by atoms with van der Waals surface area (Å²) in [5, 5.41) is 0. The summed E-state index contributed by atoms with van der Waals surface area (Å²) in [5.41, 5.74) is 4.30. The van der Waals surface area contributed by atoms with Gasteiger partial charge in [0.1, 0.15) is 18.2 Å². The van der Waals surface area contributed by atoms with E-state index in [-0.39, 0.29) is 17.4 Å². The number of likely N-dealkylation sites (tertiary alicyclic amines) is 1. The number of para-hydroxylation sites is 2. The van der Waals surface area contributed by atoms with Crippen molar-refractivity contribution in [2.75, 3.05) is 13.2 Å². The van der Waals surface area contributed by atoms with Crippen LogP contribution in [0.5, 0.6) is 5.75 Å². The van der Waals surface area contributed by atoms with Gasteiger partial charge < -0.3 is 14.2 Å². The molecule has 4 rings (SSSR count). The van der Waals surface area contributed by atoms with Crippen LogP contribution >= 0.6 is 0 Å². The molecular weight excluding hydrogens is 374 g/mol.